The molecule has 0 saturated carbocycles. The molecular formula is C8H16N2O. The fourth-order valence-electron chi connectivity index (χ4n) is 0.970. The third kappa shape index (κ3) is 4.77. The first kappa shape index (κ1) is 10.4. The number of aliphatic hydroxyl groups excluding tert-OH is 1. The number of hydrogen-bond donors (Lipinski definition) is 2. The van der Waals surface area contributed by atoms with E-state index >= 15 is 0 Å². The standard InChI is InChI=1S/C8H16N2O/c1-7(6-9)10-8(2,3)4-5-11/h7,10-11H,4-5H2,1-3H3. The summed E-state index contributed by atoms with van der Waals surface area (Å²) in [6.45, 7) is 5.89. The van der Waals surface area contributed by atoms with E-state index in [1.165, 1.54) is 0 Å². The van der Waals surface area contributed by atoms with Crippen LogP contribution in [0.15, 0.2) is 0 Å². The van der Waals surface area contributed by atoms with Crippen molar-refractivity contribution >= 4 is 0 Å². The Labute approximate surface area is 68.0 Å². The Morgan fingerprint density at radius 2 is 2.18 bits per heavy atom. The van der Waals surface area contributed by atoms with Crippen LogP contribution in [0.5, 0.6) is 0 Å². The van der Waals surface area contributed by atoms with Gasteiger partial charge in [-0.2, -0.15) is 5.26 Å². The molecule has 0 heterocycles. The number of nitrogens with zero attached hydrogens (tertiary/aromatic N) is 1. The predicted molar refractivity (Wildman–Crippen MR) is 44.0 cm³/mol. The SMILES string of the molecule is CC(C#N)NC(C)(C)CCO. The van der Waals surface area contributed by atoms with Crippen LogP contribution in [0.2, 0.25) is 0 Å². The Morgan fingerprint density at radius 1 is 1.64 bits per heavy atom. The highest BCUT2D eigenvalue weighted by molar-refractivity contribution is 4.91. The van der Waals surface area contributed by atoms with Crippen LogP contribution in [-0.2, 0) is 0 Å². The van der Waals surface area contributed by atoms with Gasteiger partial charge in [-0.15, -0.1) is 0 Å². The molecular weight excluding hydrogens is 140 g/mol. The maximum atomic E-state index is 8.66. The minimum atomic E-state index is -0.156. The number of hydrogen-bond acceptors (Lipinski definition) is 3. The van der Waals surface area contributed by atoms with Crippen LogP contribution in [0, 0.1) is 11.3 Å². The second-order valence-electron chi connectivity index (χ2n) is 3.35. The van der Waals surface area contributed by atoms with Crippen molar-refractivity contribution in [2.75, 3.05) is 6.61 Å². The third-order valence-electron chi connectivity index (χ3n) is 1.54. The Hall–Kier alpha value is -0.590. The number of nitrogens with one attached hydrogen (secondary N) is 1. The lowest BCUT2D eigenvalue weighted by atomic mass is 10.0. The molecule has 0 aromatic rings. The van der Waals surface area contributed by atoms with Crippen LogP contribution in [0.3, 0.4) is 0 Å². The highest BCUT2D eigenvalue weighted by Gasteiger charge is 2.18. The average Bonchev–Trinajstić information content (AvgIpc) is 1.86. The van der Waals surface area contributed by atoms with Crippen LogP contribution in [0.4, 0.5) is 0 Å². The van der Waals surface area contributed by atoms with Crippen LogP contribution in [0.25, 0.3) is 0 Å². The molecule has 0 aromatic carbocycles. The monoisotopic (exact) mass is 156 g/mol. The van der Waals surface area contributed by atoms with Crippen molar-refractivity contribution in [3.8, 4) is 6.07 Å². The van der Waals surface area contributed by atoms with E-state index in [9.17, 15) is 0 Å². The Bertz CT molecular complexity index is 149. The fraction of sp³-hybridized carbons (Fsp3) is 0.875. The Morgan fingerprint density at radius 3 is 2.55 bits per heavy atom. The molecule has 0 radical (unpaired) electrons. The number of nitriles is 1. The van der Waals surface area contributed by atoms with Gasteiger partial charge in [-0.05, 0) is 27.2 Å². The largest absolute Gasteiger partial charge is 0.396 e. The molecule has 0 rings (SSSR count). The van der Waals surface area contributed by atoms with Crippen molar-refractivity contribution in [3.05, 3.63) is 0 Å². The molecule has 11 heavy (non-hydrogen) atoms. The molecule has 0 aliphatic rings. The van der Waals surface area contributed by atoms with Gasteiger partial charge in [-0.1, -0.05) is 0 Å². The van der Waals surface area contributed by atoms with Crippen molar-refractivity contribution in [1.82, 2.24) is 5.32 Å². The highest BCUT2D eigenvalue weighted by Crippen LogP contribution is 2.07. The molecule has 0 aromatic heterocycles. The summed E-state index contributed by atoms with van der Waals surface area (Å²) >= 11 is 0. The maximum absolute atomic E-state index is 8.66. The second-order valence-corrected chi connectivity index (χ2v) is 3.35. The molecule has 64 valence electrons. The van der Waals surface area contributed by atoms with Crippen LogP contribution in [0.1, 0.15) is 27.2 Å². The van der Waals surface area contributed by atoms with E-state index in [2.05, 4.69) is 11.4 Å². The van der Waals surface area contributed by atoms with Crippen molar-refractivity contribution < 1.29 is 5.11 Å². The van der Waals surface area contributed by atoms with E-state index in [4.69, 9.17) is 10.4 Å². The van der Waals surface area contributed by atoms with Gasteiger partial charge >= 0.3 is 0 Å². The summed E-state index contributed by atoms with van der Waals surface area (Å²) in [5, 5.41) is 20.2. The minimum Gasteiger partial charge on any atom is -0.396 e. The molecule has 3 heteroatoms. The molecule has 0 aliphatic heterocycles. The lowest BCUT2D eigenvalue weighted by Crippen LogP contribution is -2.44. The smallest absolute Gasteiger partial charge is 0.0928 e. The first-order valence-electron chi connectivity index (χ1n) is 3.80. The maximum Gasteiger partial charge on any atom is 0.0928 e. The van der Waals surface area contributed by atoms with Gasteiger partial charge in [0, 0.05) is 12.1 Å². The quantitative estimate of drug-likeness (QED) is 0.628. The van der Waals surface area contributed by atoms with E-state index in [1.807, 2.05) is 13.8 Å². The van der Waals surface area contributed by atoms with Gasteiger partial charge in [0.1, 0.15) is 0 Å². The summed E-state index contributed by atoms with van der Waals surface area (Å²) in [5.41, 5.74) is -0.149. The predicted octanol–water partition coefficient (Wildman–Crippen LogP) is 0.649. The summed E-state index contributed by atoms with van der Waals surface area (Å²) in [7, 11) is 0. The van der Waals surface area contributed by atoms with Crippen LogP contribution in [-0.4, -0.2) is 23.3 Å². The summed E-state index contributed by atoms with van der Waals surface area (Å²) < 4.78 is 0. The van der Waals surface area contributed by atoms with E-state index in [-0.39, 0.29) is 18.2 Å². The minimum absolute atomic E-state index is 0.149. The summed E-state index contributed by atoms with van der Waals surface area (Å²) in [6.07, 6.45) is 0.666. The average molecular weight is 156 g/mol. The van der Waals surface area contributed by atoms with E-state index < -0.39 is 0 Å². The molecule has 1 unspecified atom stereocenters. The Kier molecular flexibility index (Phi) is 4.09. The van der Waals surface area contributed by atoms with Gasteiger partial charge in [0.2, 0.25) is 0 Å². The van der Waals surface area contributed by atoms with Gasteiger partial charge in [-0.3, -0.25) is 5.32 Å². The zero-order valence-electron chi connectivity index (χ0n) is 7.39. The zero-order chi connectivity index (χ0) is 8.91. The molecule has 0 saturated heterocycles. The fourth-order valence-corrected chi connectivity index (χ4v) is 0.970. The number of rotatable bonds is 4. The molecule has 3 nitrogen and oxygen atoms in total. The second kappa shape index (κ2) is 4.32. The molecule has 0 aliphatic carbocycles. The lowest BCUT2D eigenvalue weighted by Gasteiger charge is -2.26. The van der Waals surface area contributed by atoms with Gasteiger partial charge in [0.15, 0.2) is 0 Å². The molecule has 0 bridgehead atoms. The number of aliphatic hydroxyl groups is 1. The first-order valence-corrected chi connectivity index (χ1v) is 3.80. The van der Waals surface area contributed by atoms with Crippen molar-refractivity contribution in [3.63, 3.8) is 0 Å². The van der Waals surface area contributed by atoms with Gasteiger partial charge in [-0.25, -0.2) is 0 Å². The highest BCUT2D eigenvalue weighted by atomic mass is 16.3. The van der Waals surface area contributed by atoms with Gasteiger partial charge in [0.25, 0.3) is 0 Å². The Balaban J connectivity index is 3.82. The van der Waals surface area contributed by atoms with E-state index in [0.717, 1.165) is 0 Å². The van der Waals surface area contributed by atoms with Crippen molar-refractivity contribution in [2.24, 2.45) is 0 Å². The topological polar surface area (TPSA) is 56.0 Å². The van der Waals surface area contributed by atoms with Crippen molar-refractivity contribution in [1.29, 1.82) is 5.26 Å². The van der Waals surface area contributed by atoms with Crippen molar-refractivity contribution in [2.45, 2.75) is 38.8 Å². The molecule has 0 amide bonds. The van der Waals surface area contributed by atoms with E-state index in [0.29, 0.717) is 6.42 Å². The van der Waals surface area contributed by atoms with Gasteiger partial charge in [0.05, 0.1) is 12.1 Å². The summed E-state index contributed by atoms with van der Waals surface area (Å²) in [6, 6.07) is 1.93. The first-order chi connectivity index (χ1) is 5.02. The summed E-state index contributed by atoms with van der Waals surface area (Å²) in [5.74, 6) is 0. The third-order valence-corrected chi connectivity index (χ3v) is 1.54. The normalized spacial score (nSPS) is 14.1. The molecule has 2 N–H and O–H groups in total. The molecule has 0 fully saturated rings. The van der Waals surface area contributed by atoms with E-state index in [1.54, 1.807) is 6.92 Å². The van der Waals surface area contributed by atoms with Crippen LogP contribution < -0.4 is 5.32 Å². The zero-order valence-corrected chi connectivity index (χ0v) is 7.39. The molecule has 0 spiro atoms. The molecule has 1 atom stereocenters. The van der Waals surface area contributed by atoms with Crippen LogP contribution >= 0.6 is 0 Å². The summed E-state index contributed by atoms with van der Waals surface area (Å²) in [4.78, 5) is 0. The lowest BCUT2D eigenvalue weighted by molar-refractivity contribution is 0.227. The van der Waals surface area contributed by atoms with Gasteiger partial charge < -0.3 is 5.11 Å².